The highest BCUT2D eigenvalue weighted by atomic mass is 32.2. The number of aliphatic imine (C=N–C) groups is 1. The van der Waals surface area contributed by atoms with Crippen LogP contribution in [0.4, 0.5) is 5.69 Å². The van der Waals surface area contributed by atoms with Crippen LogP contribution < -0.4 is 5.32 Å². The molecule has 0 bridgehead atoms. The highest BCUT2D eigenvalue weighted by molar-refractivity contribution is 8.13. The average molecular weight is 381 g/mol. The van der Waals surface area contributed by atoms with Crippen molar-refractivity contribution in [1.82, 2.24) is 5.32 Å². The van der Waals surface area contributed by atoms with Gasteiger partial charge in [-0.2, -0.15) is 0 Å². The van der Waals surface area contributed by atoms with Gasteiger partial charge in [0.15, 0.2) is 5.17 Å². The molecule has 1 aromatic carbocycles. The van der Waals surface area contributed by atoms with E-state index in [1.165, 1.54) is 29.6 Å². The van der Waals surface area contributed by atoms with Crippen LogP contribution in [0.5, 0.6) is 0 Å². The summed E-state index contributed by atoms with van der Waals surface area (Å²) in [5.41, 5.74) is 1.64. The number of rotatable bonds is 5. The SMILES string of the molecule is CCOC(=O)C1=C(C)NC(SC)=NC1c1cccc([N+](=O)[O-])c1SC. The van der Waals surface area contributed by atoms with Crippen LogP contribution in [0.2, 0.25) is 0 Å². The summed E-state index contributed by atoms with van der Waals surface area (Å²) in [6.07, 6.45) is 3.64. The van der Waals surface area contributed by atoms with E-state index in [-0.39, 0.29) is 12.3 Å². The van der Waals surface area contributed by atoms with Crippen LogP contribution in [0.15, 0.2) is 39.4 Å². The molecule has 7 nitrogen and oxygen atoms in total. The Morgan fingerprint density at radius 2 is 2.12 bits per heavy atom. The highest BCUT2D eigenvalue weighted by Gasteiger charge is 2.33. The second-order valence-corrected chi connectivity index (χ2v) is 6.69. The fourth-order valence-electron chi connectivity index (χ4n) is 2.57. The summed E-state index contributed by atoms with van der Waals surface area (Å²) < 4.78 is 5.17. The number of esters is 1. The summed E-state index contributed by atoms with van der Waals surface area (Å²) >= 11 is 2.68. The maximum atomic E-state index is 12.5. The van der Waals surface area contributed by atoms with Crippen LogP contribution in [-0.4, -0.2) is 35.2 Å². The summed E-state index contributed by atoms with van der Waals surface area (Å²) in [6.45, 7) is 3.75. The molecule has 1 unspecified atom stereocenters. The van der Waals surface area contributed by atoms with E-state index in [0.717, 1.165) is 0 Å². The number of carbonyl (C=O) groups excluding carboxylic acids is 1. The molecule has 0 aliphatic carbocycles. The number of thioether (sulfide) groups is 2. The van der Waals surface area contributed by atoms with Gasteiger partial charge in [0.1, 0.15) is 6.04 Å². The largest absolute Gasteiger partial charge is 0.463 e. The Morgan fingerprint density at radius 3 is 2.68 bits per heavy atom. The van der Waals surface area contributed by atoms with E-state index in [2.05, 4.69) is 10.3 Å². The molecule has 2 rings (SSSR count). The summed E-state index contributed by atoms with van der Waals surface area (Å²) in [5, 5.41) is 15.1. The third kappa shape index (κ3) is 3.98. The molecule has 0 saturated carbocycles. The molecule has 1 aromatic rings. The highest BCUT2D eigenvalue weighted by Crippen LogP contribution is 2.41. The first-order chi connectivity index (χ1) is 11.9. The zero-order valence-corrected chi connectivity index (χ0v) is 16.0. The Morgan fingerprint density at radius 1 is 1.40 bits per heavy atom. The molecule has 1 atom stereocenters. The van der Waals surface area contributed by atoms with Gasteiger partial charge >= 0.3 is 5.97 Å². The van der Waals surface area contributed by atoms with E-state index in [0.29, 0.717) is 26.9 Å². The number of nitro groups is 1. The third-order valence-electron chi connectivity index (χ3n) is 3.63. The van der Waals surface area contributed by atoms with Gasteiger partial charge in [0.25, 0.3) is 5.69 Å². The molecule has 9 heteroatoms. The number of benzene rings is 1. The molecule has 0 amide bonds. The Balaban J connectivity index is 2.65. The van der Waals surface area contributed by atoms with Crippen LogP contribution in [0.3, 0.4) is 0 Å². The van der Waals surface area contributed by atoms with Gasteiger partial charge in [0, 0.05) is 17.3 Å². The second-order valence-electron chi connectivity index (χ2n) is 5.08. The summed E-state index contributed by atoms with van der Waals surface area (Å²) in [5.74, 6) is -0.472. The molecular weight excluding hydrogens is 362 g/mol. The van der Waals surface area contributed by atoms with Crippen molar-refractivity contribution in [2.75, 3.05) is 19.1 Å². The fraction of sp³-hybridized carbons (Fsp3) is 0.375. The predicted octanol–water partition coefficient (Wildman–Crippen LogP) is 3.52. The van der Waals surface area contributed by atoms with Crippen molar-refractivity contribution >= 4 is 40.3 Å². The van der Waals surface area contributed by atoms with Crippen LogP contribution in [0.1, 0.15) is 25.5 Å². The molecule has 25 heavy (non-hydrogen) atoms. The number of nitrogens with one attached hydrogen (secondary N) is 1. The van der Waals surface area contributed by atoms with E-state index in [1.54, 1.807) is 32.2 Å². The molecule has 0 saturated heterocycles. The molecule has 1 heterocycles. The van der Waals surface area contributed by atoms with Crippen LogP contribution in [0.25, 0.3) is 0 Å². The number of hydrogen-bond acceptors (Lipinski definition) is 8. The number of hydrogen-bond donors (Lipinski definition) is 1. The molecule has 0 aromatic heterocycles. The van der Waals surface area contributed by atoms with Crippen molar-refractivity contribution in [3.8, 4) is 0 Å². The first kappa shape index (κ1) is 19.3. The van der Waals surface area contributed by atoms with Crippen molar-refractivity contribution in [3.63, 3.8) is 0 Å². The molecule has 0 radical (unpaired) electrons. The second kappa shape index (κ2) is 8.39. The number of nitrogens with zero attached hydrogens (tertiary/aromatic N) is 2. The number of amidine groups is 1. The maximum absolute atomic E-state index is 12.5. The lowest BCUT2D eigenvalue weighted by atomic mass is 9.96. The summed E-state index contributed by atoms with van der Waals surface area (Å²) in [7, 11) is 0. The van der Waals surface area contributed by atoms with E-state index in [1.807, 2.05) is 6.26 Å². The first-order valence-corrected chi connectivity index (χ1v) is 9.97. The molecule has 0 spiro atoms. The monoisotopic (exact) mass is 381 g/mol. The lowest BCUT2D eigenvalue weighted by molar-refractivity contribution is -0.387. The zero-order chi connectivity index (χ0) is 18.6. The lowest BCUT2D eigenvalue weighted by Crippen LogP contribution is -2.30. The predicted molar refractivity (Wildman–Crippen MR) is 101 cm³/mol. The average Bonchev–Trinajstić information content (AvgIpc) is 2.60. The fourth-order valence-corrected chi connectivity index (χ4v) is 3.81. The van der Waals surface area contributed by atoms with Crippen LogP contribution >= 0.6 is 23.5 Å². The van der Waals surface area contributed by atoms with Crippen LogP contribution in [0, 0.1) is 10.1 Å². The van der Waals surface area contributed by atoms with Crippen LogP contribution in [-0.2, 0) is 9.53 Å². The zero-order valence-electron chi connectivity index (χ0n) is 14.4. The molecule has 0 fully saturated rings. The Kier molecular flexibility index (Phi) is 6.49. The lowest BCUT2D eigenvalue weighted by Gasteiger charge is -2.26. The normalized spacial score (nSPS) is 17.0. The first-order valence-electron chi connectivity index (χ1n) is 7.52. The quantitative estimate of drug-likeness (QED) is 0.361. The molecule has 1 aliphatic heterocycles. The van der Waals surface area contributed by atoms with Crippen molar-refractivity contribution in [2.45, 2.75) is 24.8 Å². The van der Waals surface area contributed by atoms with Gasteiger partial charge < -0.3 is 10.1 Å². The van der Waals surface area contributed by atoms with E-state index >= 15 is 0 Å². The molecule has 1 N–H and O–H groups in total. The number of carbonyl (C=O) groups is 1. The summed E-state index contributed by atoms with van der Waals surface area (Å²) in [6, 6.07) is 4.19. The number of nitro benzene ring substituents is 1. The van der Waals surface area contributed by atoms with Gasteiger partial charge in [0.05, 0.1) is 22.0 Å². The Labute approximate surface area is 154 Å². The van der Waals surface area contributed by atoms with E-state index < -0.39 is 16.9 Å². The van der Waals surface area contributed by atoms with Gasteiger partial charge in [-0.25, -0.2) is 9.79 Å². The van der Waals surface area contributed by atoms with Gasteiger partial charge in [-0.15, -0.1) is 11.8 Å². The van der Waals surface area contributed by atoms with Crippen molar-refractivity contribution in [3.05, 3.63) is 45.1 Å². The molecular formula is C16H19N3O4S2. The smallest absolute Gasteiger partial charge is 0.338 e. The van der Waals surface area contributed by atoms with Crippen molar-refractivity contribution in [1.29, 1.82) is 0 Å². The van der Waals surface area contributed by atoms with Gasteiger partial charge in [-0.05, 0) is 26.4 Å². The minimum absolute atomic E-state index is 0.00490. The Hall–Kier alpha value is -2.00. The molecule has 134 valence electrons. The maximum Gasteiger partial charge on any atom is 0.338 e. The van der Waals surface area contributed by atoms with Crippen molar-refractivity contribution in [2.24, 2.45) is 4.99 Å². The standard InChI is InChI=1S/C16H19N3O4S2/c1-5-23-15(20)12-9(2)17-16(25-4)18-13(12)10-7-6-8-11(19(21)22)14(10)24-3/h6-8,13H,5H2,1-4H3,(H,17,18). The summed E-state index contributed by atoms with van der Waals surface area (Å²) in [4.78, 5) is 28.5. The number of allylic oxidation sites excluding steroid dienone is 1. The van der Waals surface area contributed by atoms with Gasteiger partial charge in [0.2, 0.25) is 0 Å². The van der Waals surface area contributed by atoms with Gasteiger partial charge in [-0.1, -0.05) is 23.9 Å². The third-order valence-corrected chi connectivity index (χ3v) is 5.07. The van der Waals surface area contributed by atoms with Crippen molar-refractivity contribution < 1.29 is 14.5 Å². The minimum Gasteiger partial charge on any atom is -0.463 e. The molecule has 1 aliphatic rings. The van der Waals surface area contributed by atoms with Gasteiger partial charge in [-0.3, -0.25) is 10.1 Å². The van der Waals surface area contributed by atoms with E-state index in [4.69, 9.17) is 4.74 Å². The van der Waals surface area contributed by atoms with E-state index in [9.17, 15) is 14.9 Å². The minimum atomic E-state index is -0.648. The Bertz CT molecular complexity index is 762. The topological polar surface area (TPSA) is 93.8 Å². The number of ether oxygens (including phenoxy) is 1.